The lowest BCUT2D eigenvalue weighted by Crippen LogP contribution is -2.39. The first-order valence-corrected chi connectivity index (χ1v) is 6.15. The number of hydrogen-bond acceptors (Lipinski definition) is 3. The summed E-state index contributed by atoms with van der Waals surface area (Å²) < 4.78 is 5.93. The Hall–Kier alpha value is -1.25. The molecule has 1 fully saturated rings. The first-order valence-electron chi connectivity index (χ1n) is 6.15. The van der Waals surface area contributed by atoms with Crippen molar-refractivity contribution in [1.29, 1.82) is 0 Å². The summed E-state index contributed by atoms with van der Waals surface area (Å²) in [5.74, 6) is 2.59. The van der Waals surface area contributed by atoms with Crippen molar-refractivity contribution < 1.29 is 4.74 Å². The lowest BCUT2D eigenvalue weighted by Gasteiger charge is -2.33. The number of anilines is 1. The Morgan fingerprint density at radius 2 is 2.38 bits per heavy atom. The SMILES string of the molecule is CC(C)c1ccnc2c1OCC1CCCN21. The normalized spacial score (nSPS) is 22.9. The summed E-state index contributed by atoms with van der Waals surface area (Å²) in [4.78, 5) is 6.93. The summed E-state index contributed by atoms with van der Waals surface area (Å²) in [6.45, 7) is 6.37. The largest absolute Gasteiger partial charge is 0.487 e. The van der Waals surface area contributed by atoms with E-state index in [1.54, 1.807) is 0 Å². The molecule has 3 nitrogen and oxygen atoms in total. The summed E-state index contributed by atoms with van der Waals surface area (Å²) >= 11 is 0. The van der Waals surface area contributed by atoms with Gasteiger partial charge in [0.05, 0.1) is 6.04 Å². The van der Waals surface area contributed by atoms with E-state index < -0.39 is 0 Å². The molecule has 2 aliphatic rings. The highest BCUT2D eigenvalue weighted by Gasteiger charge is 2.33. The van der Waals surface area contributed by atoms with Gasteiger partial charge in [0.15, 0.2) is 11.6 Å². The fourth-order valence-electron chi connectivity index (χ4n) is 2.73. The van der Waals surface area contributed by atoms with Gasteiger partial charge in [0.2, 0.25) is 0 Å². The molecule has 1 saturated heterocycles. The molecule has 0 aliphatic carbocycles. The van der Waals surface area contributed by atoms with Crippen LogP contribution in [0.15, 0.2) is 12.3 Å². The Balaban J connectivity index is 2.07. The van der Waals surface area contributed by atoms with Gasteiger partial charge in [0.25, 0.3) is 0 Å². The number of rotatable bonds is 1. The fourth-order valence-corrected chi connectivity index (χ4v) is 2.73. The van der Waals surface area contributed by atoms with Crippen LogP contribution in [-0.2, 0) is 0 Å². The number of ether oxygens (including phenoxy) is 1. The summed E-state index contributed by atoms with van der Waals surface area (Å²) in [5.41, 5.74) is 1.29. The Kier molecular flexibility index (Phi) is 2.27. The van der Waals surface area contributed by atoms with E-state index in [1.165, 1.54) is 18.4 Å². The van der Waals surface area contributed by atoms with Crippen LogP contribution < -0.4 is 9.64 Å². The van der Waals surface area contributed by atoms with Crippen molar-refractivity contribution in [2.75, 3.05) is 18.1 Å². The zero-order chi connectivity index (χ0) is 11.1. The van der Waals surface area contributed by atoms with Crippen LogP contribution in [0.1, 0.15) is 38.2 Å². The molecule has 2 aliphatic heterocycles. The summed E-state index contributed by atoms with van der Waals surface area (Å²) in [6, 6.07) is 2.64. The Bertz CT molecular complexity index is 403. The molecule has 0 bridgehead atoms. The predicted octanol–water partition coefficient (Wildman–Crippen LogP) is 2.57. The maximum atomic E-state index is 5.93. The molecule has 0 amide bonds. The van der Waals surface area contributed by atoms with Gasteiger partial charge in [-0.3, -0.25) is 0 Å². The molecule has 86 valence electrons. The van der Waals surface area contributed by atoms with Crippen LogP contribution in [0.2, 0.25) is 0 Å². The molecule has 1 atom stereocenters. The second kappa shape index (κ2) is 3.65. The molecule has 3 rings (SSSR count). The van der Waals surface area contributed by atoms with Crippen molar-refractivity contribution in [3.05, 3.63) is 17.8 Å². The molecule has 0 N–H and O–H groups in total. The second-order valence-corrected chi connectivity index (χ2v) is 5.01. The highest BCUT2D eigenvalue weighted by Crippen LogP contribution is 2.40. The van der Waals surface area contributed by atoms with Crippen molar-refractivity contribution in [3.8, 4) is 5.75 Å². The standard InChI is InChI=1S/C13H18N2O/c1-9(2)11-5-6-14-13-12(11)16-8-10-4-3-7-15(10)13/h5-6,9-10H,3-4,7-8H2,1-2H3. The van der Waals surface area contributed by atoms with Crippen molar-refractivity contribution in [2.24, 2.45) is 0 Å². The Labute approximate surface area is 96.4 Å². The zero-order valence-electron chi connectivity index (χ0n) is 9.94. The highest BCUT2D eigenvalue weighted by atomic mass is 16.5. The molecule has 1 unspecified atom stereocenters. The van der Waals surface area contributed by atoms with Crippen molar-refractivity contribution in [1.82, 2.24) is 4.98 Å². The Morgan fingerprint density at radius 1 is 1.50 bits per heavy atom. The van der Waals surface area contributed by atoms with E-state index in [9.17, 15) is 0 Å². The third kappa shape index (κ3) is 1.38. The van der Waals surface area contributed by atoms with E-state index in [1.807, 2.05) is 6.20 Å². The quantitative estimate of drug-likeness (QED) is 0.724. The first kappa shape index (κ1) is 9.94. The minimum atomic E-state index is 0.496. The van der Waals surface area contributed by atoms with Crippen LogP contribution in [0.3, 0.4) is 0 Å². The van der Waals surface area contributed by atoms with Crippen LogP contribution in [0.4, 0.5) is 5.82 Å². The zero-order valence-corrected chi connectivity index (χ0v) is 9.94. The van der Waals surface area contributed by atoms with Gasteiger partial charge in [-0.05, 0) is 24.8 Å². The van der Waals surface area contributed by atoms with Crippen LogP contribution in [0.5, 0.6) is 5.75 Å². The minimum Gasteiger partial charge on any atom is -0.487 e. The number of hydrogen-bond donors (Lipinski definition) is 0. The smallest absolute Gasteiger partial charge is 0.172 e. The van der Waals surface area contributed by atoms with Crippen LogP contribution in [-0.4, -0.2) is 24.2 Å². The van der Waals surface area contributed by atoms with Gasteiger partial charge in [-0.2, -0.15) is 0 Å². The number of nitrogens with zero attached hydrogens (tertiary/aromatic N) is 2. The molecule has 16 heavy (non-hydrogen) atoms. The van der Waals surface area contributed by atoms with Gasteiger partial charge in [0, 0.05) is 18.3 Å². The molecule has 1 aromatic heterocycles. The molecular weight excluding hydrogens is 200 g/mol. The van der Waals surface area contributed by atoms with E-state index in [4.69, 9.17) is 4.74 Å². The monoisotopic (exact) mass is 218 g/mol. The van der Waals surface area contributed by atoms with E-state index in [0.717, 1.165) is 24.7 Å². The van der Waals surface area contributed by atoms with Gasteiger partial charge in [-0.25, -0.2) is 4.98 Å². The van der Waals surface area contributed by atoms with E-state index in [2.05, 4.69) is 29.8 Å². The van der Waals surface area contributed by atoms with Gasteiger partial charge in [-0.15, -0.1) is 0 Å². The molecule has 0 aromatic carbocycles. The fraction of sp³-hybridized carbons (Fsp3) is 0.615. The number of pyridine rings is 1. The average molecular weight is 218 g/mol. The van der Waals surface area contributed by atoms with Crippen molar-refractivity contribution >= 4 is 5.82 Å². The minimum absolute atomic E-state index is 0.496. The highest BCUT2D eigenvalue weighted by molar-refractivity contribution is 5.60. The van der Waals surface area contributed by atoms with Gasteiger partial charge < -0.3 is 9.64 Å². The van der Waals surface area contributed by atoms with E-state index >= 15 is 0 Å². The van der Waals surface area contributed by atoms with Crippen LogP contribution >= 0.6 is 0 Å². The first-order chi connectivity index (χ1) is 7.77. The topological polar surface area (TPSA) is 25.4 Å². The summed E-state index contributed by atoms with van der Waals surface area (Å²) in [6.07, 6.45) is 4.42. The molecule has 0 radical (unpaired) electrons. The Morgan fingerprint density at radius 3 is 3.19 bits per heavy atom. The molecule has 1 aromatic rings. The van der Waals surface area contributed by atoms with E-state index in [0.29, 0.717) is 12.0 Å². The third-order valence-corrected chi connectivity index (χ3v) is 3.61. The summed E-state index contributed by atoms with van der Waals surface area (Å²) in [5, 5.41) is 0. The molecule has 3 heterocycles. The lowest BCUT2D eigenvalue weighted by molar-refractivity contribution is 0.266. The van der Waals surface area contributed by atoms with Gasteiger partial charge in [-0.1, -0.05) is 13.8 Å². The summed E-state index contributed by atoms with van der Waals surface area (Å²) in [7, 11) is 0. The molecule has 0 saturated carbocycles. The van der Waals surface area contributed by atoms with Gasteiger partial charge in [0.1, 0.15) is 6.61 Å². The predicted molar refractivity (Wildman–Crippen MR) is 64.2 cm³/mol. The molecule has 0 spiro atoms. The van der Waals surface area contributed by atoms with Gasteiger partial charge >= 0.3 is 0 Å². The maximum absolute atomic E-state index is 5.93. The van der Waals surface area contributed by atoms with Crippen molar-refractivity contribution in [2.45, 2.75) is 38.6 Å². The third-order valence-electron chi connectivity index (χ3n) is 3.61. The van der Waals surface area contributed by atoms with Crippen molar-refractivity contribution in [3.63, 3.8) is 0 Å². The number of aromatic nitrogens is 1. The second-order valence-electron chi connectivity index (χ2n) is 5.01. The maximum Gasteiger partial charge on any atom is 0.172 e. The average Bonchev–Trinajstić information content (AvgIpc) is 2.76. The van der Waals surface area contributed by atoms with Crippen LogP contribution in [0.25, 0.3) is 0 Å². The molecular formula is C13H18N2O. The number of fused-ring (bicyclic) bond motifs is 3. The van der Waals surface area contributed by atoms with Crippen LogP contribution in [0, 0.1) is 0 Å². The lowest BCUT2D eigenvalue weighted by atomic mass is 10.0. The van der Waals surface area contributed by atoms with E-state index in [-0.39, 0.29) is 0 Å². The molecule has 3 heteroatoms.